The van der Waals surface area contributed by atoms with Gasteiger partial charge in [-0.25, -0.2) is 4.39 Å². The van der Waals surface area contributed by atoms with Crippen molar-refractivity contribution >= 4 is 6.29 Å². The molecule has 0 atom stereocenters. The Morgan fingerprint density at radius 3 is 2.45 bits per heavy atom. The molecule has 0 fully saturated rings. The fraction of sp³-hybridized carbons (Fsp3) is 0.450. The molecule has 0 aromatic heterocycles. The Labute approximate surface area is 134 Å². The molecule has 0 amide bonds. The van der Waals surface area contributed by atoms with Crippen molar-refractivity contribution in [1.82, 2.24) is 0 Å². The van der Waals surface area contributed by atoms with E-state index in [1.807, 2.05) is 6.08 Å². The van der Waals surface area contributed by atoms with E-state index >= 15 is 0 Å². The van der Waals surface area contributed by atoms with Crippen molar-refractivity contribution in [3.63, 3.8) is 0 Å². The first-order valence-corrected chi connectivity index (χ1v) is 7.83. The molecule has 0 spiro atoms. The van der Waals surface area contributed by atoms with Crippen molar-refractivity contribution in [2.24, 2.45) is 5.41 Å². The standard InChI is InChI=1S/C20H27FO/c1-15(12-14-22)8-11-19(21)17(3)9-10-18-16(2)7-6-13-20(18,4)5/h8-12,14H,6-7,13H2,1-5H3/b10-9+,11-8+,15-12-,19-17+. The molecule has 0 heterocycles. The highest BCUT2D eigenvalue weighted by atomic mass is 19.1. The van der Waals surface area contributed by atoms with Crippen molar-refractivity contribution < 1.29 is 9.18 Å². The van der Waals surface area contributed by atoms with Gasteiger partial charge in [-0.2, -0.15) is 0 Å². The van der Waals surface area contributed by atoms with E-state index in [4.69, 9.17) is 0 Å². The smallest absolute Gasteiger partial charge is 0.143 e. The predicted molar refractivity (Wildman–Crippen MR) is 92.2 cm³/mol. The lowest BCUT2D eigenvalue weighted by molar-refractivity contribution is -0.104. The molecule has 22 heavy (non-hydrogen) atoms. The highest BCUT2D eigenvalue weighted by Crippen LogP contribution is 2.40. The summed E-state index contributed by atoms with van der Waals surface area (Å²) in [6, 6.07) is 0. The highest BCUT2D eigenvalue weighted by Gasteiger charge is 2.26. The summed E-state index contributed by atoms with van der Waals surface area (Å²) in [6.07, 6.45) is 12.6. The van der Waals surface area contributed by atoms with Gasteiger partial charge in [0.1, 0.15) is 12.1 Å². The Morgan fingerprint density at radius 2 is 1.86 bits per heavy atom. The molecule has 0 bridgehead atoms. The minimum absolute atomic E-state index is 0.161. The third-order valence-electron chi connectivity index (χ3n) is 4.24. The van der Waals surface area contributed by atoms with Gasteiger partial charge in [0.05, 0.1) is 0 Å². The van der Waals surface area contributed by atoms with Crippen LogP contribution in [0.25, 0.3) is 0 Å². The van der Waals surface area contributed by atoms with Gasteiger partial charge in [0, 0.05) is 0 Å². The van der Waals surface area contributed by atoms with Crippen LogP contribution in [0.5, 0.6) is 0 Å². The van der Waals surface area contributed by atoms with Crippen LogP contribution in [0.2, 0.25) is 0 Å². The van der Waals surface area contributed by atoms with E-state index in [0.717, 1.165) is 12.0 Å². The molecule has 0 N–H and O–H groups in total. The van der Waals surface area contributed by atoms with Crippen LogP contribution >= 0.6 is 0 Å². The lowest BCUT2D eigenvalue weighted by Gasteiger charge is -2.32. The number of rotatable bonds is 5. The average Bonchev–Trinajstić information content (AvgIpc) is 2.43. The van der Waals surface area contributed by atoms with E-state index in [2.05, 4.69) is 26.8 Å². The fourth-order valence-electron chi connectivity index (χ4n) is 2.80. The fourth-order valence-corrected chi connectivity index (χ4v) is 2.80. The molecule has 1 aliphatic rings. The molecule has 120 valence electrons. The highest BCUT2D eigenvalue weighted by molar-refractivity contribution is 5.67. The summed E-state index contributed by atoms with van der Waals surface area (Å²) < 4.78 is 14.1. The number of carbonyl (C=O) groups is 1. The summed E-state index contributed by atoms with van der Waals surface area (Å²) in [5.41, 5.74) is 4.22. The molecule has 0 aliphatic heterocycles. The van der Waals surface area contributed by atoms with E-state index in [9.17, 15) is 9.18 Å². The molecule has 0 saturated carbocycles. The van der Waals surface area contributed by atoms with Crippen molar-refractivity contribution in [3.05, 3.63) is 58.5 Å². The maximum absolute atomic E-state index is 14.1. The van der Waals surface area contributed by atoms with Gasteiger partial charge in [0.25, 0.3) is 0 Å². The first kappa shape index (κ1) is 18.3. The maximum atomic E-state index is 14.1. The number of hydrogen-bond donors (Lipinski definition) is 0. The molecule has 0 radical (unpaired) electrons. The van der Waals surface area contributed by atoms with E-state index in [1.54, 1.807) is 19.9 Å². The minimum atomic E-state index is -0.276. The Bertz CT molecular complexity index is 569. The first-order chi connectivity index (χ1) is 10.3. The Balaban J connectivity index is 2.94. The zero-order valence-electron chi connectivity index (χ0n) is 14.4. The van der Waals surface area contributed by atoms with Crippen LogP contribution in [-0.2, 0) is 4.79 Å². The number of aldehydes is 1. The third kappa shape index (κ3) is 5.25. The normalized spacial score (nSPS) is 20.7. The zero-order valence-corrected chi connectivity index (χ0v) is 14.4. The van der Waals surface area contributed by atoms with Gasteiger partial charge in [0.2, 0.25) is 0 Å². The molecule has 1 nitrogen and oxygen atoms in total. The van der Waals surface area contributed by atoms with Crippen molar-refractivity contribution in [2.75, 3.05) is 0 Å². The van der Waals surface area contributed by atoms with Crippen molar-refractivity contribution in [2.45, 2.75) is 53.9 Å². The summed E-state index contributed by atoms with van der Waals surface area (Å²) in [7, 11) is 0. The second-order valence-electron chi connectivity index (χ2n) is 6.68. The van der Waals surface area contributed by atoms with Gasteiger partial charge in [-0.05, 0) is 74.3 Å². The molecule has 0 aromatic carbocycles. The average molecular weight is 302 g/mol. The Kier molecular flexibility index (Phi) is 6.73. The molecular weight excluding hydrogens is 275 g/mol. The van der Waals surface area contributed by atoms with Crippen LogP contribution < -0.4 is 0 Å². The van der Waals surface area contributed by atoms with Crippen molar-refractivity contribution in [3.8, 4) is 0 Å². The monoisotopic (exact) mass is 302 g/mol. The molecule has 0 aromatic rings. The van der Waals surface area contributed by atoms with Gasteiger partial charge < -0.3 is 0 Å². The van der Waals surface area contributed by atoms with Crippen LogP contribution in [-0.4, -0.2) is 6.29 Å². The van der Waals surface area contributed by atoms with E-state index in [1.165, 1.54) is 36.1 Å². The van der Waals surface area contributed by atoms with Crippen LogP contribution in [0, 0.1) is 5.41 Å². The molecule has 1 aliphatic carbocycles. The first-order valence-electron chi connectivity index (χ1n) is 7.83. The van der Waals surface area contributed by atoms with Crippen LogP contribution in [0.3, 0.4) is 0 Å². The quantitative estimate of drug-likeness (QED) is 0.345. The van der Waals surface area contributed by atoms with Gasteiger partial charge in [-0.3, -0.25) is 4.79 Å². The number of allylic oxidation sites excluding steroid dienone is 10. The maximum Gasteiger partial charge on any atom is 0.143 e. The predicted octanol–water partition coefficient (Wildman–Crippen LogP) is 6.01. The summed E-state index contributed by atoms with van der Waals surface area (Å²) in [4.78, 5) is 10.3. The molecule has 0 saturated heterocycles. The van der Waals surface area contributed by atoms with E-state index in [0.29, 0.717) is 11.9 Å². The minimum Gasteiger partial charge on any atom is -0.299 e. The third-order valence-corrected chi connectivity index (χ3v) is 4.24. The lowest BCUT2D eigenvalue weighted by Crippen LogP contribution is -2.19. The van der Waals surface area contributed by atoms with E-state index in [-0.39, 0.29) is 11.2 Å². The van der Waals surface area contributed by atoms with Gasteiger partial charge in [-0.15, -0.1) is 0 Å². The molecular formula is C20H27FO. The van der Waals surface area contributed by atoms with E-state index < -0.39 is 0 Å². The number of carbonyl (C=O) groups excluding carboxylic acids is 1. The van der Waals surface area contributed by atoms with Crippen molar-refractivity contribution in [1.29, 1.82) is 0 Å². The Hall–Kier alpha value is -1.70. The largest absolute Gasteiger partial charge is 0.299 e. The Morgan fingerprint density at radius 1 is 1.18 bits per heavy atom. The summed E-state index contributed by atoms with van der Waals surface area (Å²) in [5.74, 6) is -0.276. The zero-order chi connectivity index (χ0) is 16.8. The van der Waals surface area contributed by atoms with Gasteiger partial charge >= 0.3 is 0 Å². The van der Waals surface area contributed by atoms with Gasteiger partial charge in [-0.1, -0.05) is 37.6 Å². The second-order valence-corrected chi connectivity index (χ2v) is 6.68. The van der Waals surface area contributed by atoms with Crippen LogP contribution in [0.4, 0.5) is 4.39 Å². The topological polar surface area (TPSA) is 17.1 Å². The number of hydrogen-bond acceptors (Lipinski definition) is 1. The van der Waals surface area contributed by atoms with Crippen LogP contribution in [0.1, 0.15) is 53.9 Å². The molecule has 2 heteroatoms. The molecule has 1 rings (SSSR count). The SMILES string of the molecule is CC1=C(/C=C/C(C)=C(F)\C=C\C(C)=C/C=O)C(C)(C)CCC1. The summed E-state index contributed by atoms with van der Waals surface area (Å²) in [5, 5.41) is 0. The van der Waals surface area contributed by atoms with Gasteiger partial charge in [0.15, 0.2) is 0 Å². The summed E-state index contributed by atoms with van der Waals surface area (Å²) >= 11 is 0. The number of halogens is 1. The molecule has 0 unspecified atom stereocenters. The lowest BCUT2D eigenvalue weighted by atomic mass is 9.72. The second kappa shape index (κ2) is 8.07. The van der Waals surface area contributed by atoms with Crippen LogP contribution in [0.15, 0.2) is 58.5 Å². The summed E-state index contributed by atoms with van der Waals surface area (Å²) in [6.45, 7) is 10.2.